The Morgan fingerprint density at radius 3 is 2.44 bits per heavy atom. The third-order valence-corrected chi connectivity index (χ3v) is 5.69. The molecule has 2 atom stereocenters. The second-order valence-electron chi connectivity index (χ2n) is 5.94. The van der Waals surface area contributed by atoms with Crippen LogP contribution in [0, 0.1) is 0 Å². The van der Waals surface area contributed by atoms with Crippen molar-refractivity contribution in [3.8, 4) is 0 Å². The van der Waals surface area contributed by atoms with E-state index in [2.05, 4.69) is 32.5 Å². The van der Waals surface area contributed by atoms with Gasteiger partial charge in [-0.05, 0) is 37.2 Å². The molecule has 25 heavy (non-hydrogen) atoms. The van der Waals surface area contributed by atoms with Crippen LogP contribution in [0.5, 0.6) is 0 Å². The zero-order valence-corrected chi connectivity index (χ0v) is 15.0. The summed E-state index contributed by atoms with van der Waals surface area (Å²) in [6.45, 7) is 2.71. The summed E-state index contributed by atoms with van der Waals surface area (Å²) in [6, 6.07) is 17.2. The number of benzene rings is 2. The average molecular weight is 358 g/mol. The van der Waals surface area contributed by atoms with E-state index in [4.69, 9.17) is 0 Å². The van der Waals surface area contributed by atoms with Crippen LogP contribution in [0.4, 0.5) is 0 Å². The third kappa shape index (κ3) is 4.00. The summed E-state index contributed by atoms with van der Waals surface area (Å²) < 4.78 is 25.9. The highest BCUT2D eigenvalue weighted by atomic mass is 32.2. The van der Waals surface area contributed by atoms with E-state index >= 15 is 0 Å². The molecule has 2 unspecified atom stereocenters. The predicted molar refractivity (Wildman–Crippen MR) is 98.9 cm³/mol. The molecular weight excluding hydrogens is 336 g/mol. The van der Waals surface area contributed by atoms with E-state index in [-0.39, 0.29) is 17.0 Å². The predicted octanol–water partition coefficient (Wildman–Crippen LogP) is 1.95. The smallest absolute Gasteiger partial charge is 0.240 e. The summed E-state index contributed by atoms with van der Waals surface area (Å²) in [6.07, 6.45) is 0. The van der Waals surface area contributed by atoms with Crippen LogP contribution in [-0.2, 0) is 10.0 Å². The first-order valence-electron chi connectivity index (χ1n) is 8.15. The Bertz CT molecular complexity index is 848. The van der Waals surface area contributed by atoms with Gasteiger partial charge in [0.05, 0.1) is 23.5 Å². The molecule has 2 aromatic rings. The molecule has 3 rings (SSSR count). The van der Waals surface area contributed by atoms with Crippen LogP contribution in [-0.4, -0.2) is 28.0 Å². The summed E-state index contributed by atoms with van der Waals surface area (Å²) in [5.74, 6) is 0.758. The summed E-state index contributed by atoms with van der Waals surface area (Å²) in [5, 5.41) is 6.73. The highest BCUT2D eigenvalue weighted by molar-refractivity contribution is 7.89. The molecule has 0 spiro atoms. The molecule has 0 saturated heterocycles. The van der Waals surface area contributed by atoms with Gasteiger partial charge in [-0.15, -0.1) is 0 Å². The molecule has 0 radical (unpaired) electrons. The maximum atomic E-state index is 11.8. The largest absolute Gasteiger partial charge is 0.350 e. The molecule has 0 aromatic heterocycles. The summed E-state index contributed by atoms with van der Waals surface area (Å²) in [7, 11) is -2.00. The second-order valence-corrected chi connectivity index (χ2v) is 7.83. The molecule has 2 aromatic carbocycles. The number of sulfonamides is 1. The zero-order valence-electron chi connectivity index (χ0n) is 14.2. The Kier molecular flexibility index (Phi) is 5.06. The average Bonchev–Trinajstić information content (AvgIpc) is 3.11. The lowest BCUT2D eigenvalue weighted by Crippen LogP contribution is -2.36. The lowest BCUT2D eigenvalue weighted by Gasteiger charge is -2.18. The maximum absolute atomic E-state index is 11.8. The van der Waals surface area contributed by atoms with E-state index in [1.165, 1.54) is 12.6 Å². The third-order valence-electron chi connectivity index (χ3n) is 4.26. The van der Waals surface area contributed by atoms with E-state index in [0.29, 0.717) is 6.54 Å². The number of rotatable bonds is 5. The van der Waals surface area contributed by atoms with Gasteiger partial charge in [0.2, 0.25) is 10.0 Å². The first-order chi connectivity index (χ1) is 12.0. The highest BCUT2D eigenvalue weighted by Crippen LogP contribution is 2.19. The van der Waals surface area contributed by atoms with E-state index in [0.717, 1.165) is 11.5 Å². The molecule has 0 saturated carbocycles. The number of nitrogens with one attached hydrogen (secondary N) is 3. The van der Waals surface area contributed by atoms with Gasteiger partial charge in [-0.3, -0.25) is 4.99 Å². The van der Waals surface area contributed by atoms with Crippen LogP contribution in [0.3, 0.4) is 0 Å². The lowest BCUT2D eigenvalue weighted by atomic mass is 10.1. The molecular formula is C18H22N4O2S. The maximum Gasteiger partial charge on any atom is 0.240 e. The van der Waals surface area contributed by atoms with Crippen LogP contribution in [0.2, 0.25) is 0 Å². The standard InChI is InChI=1S/C18H22N4O2S/c1-13(14-8-10-16(11-9-14)25(23,24)19-2)21-18-20-12-17(22-18)15-6-4-3-5-7-15/h3-11,13,17,19H,12H2,1-2H3,(H2,20,21,22). The van der Waals surface area contributed by atoms with Gasteiger partial charge in [0.1, 0.15) is 0 Å². The molecule has 0 amide bonds. The van der Waals surface area contributed by atoms with Gasteiger partial charge < -0.3 is 10.6 Å². The molecule has 7 heteroatoms. The van der Waals surface area contributed by atoms with Crippen LogP contribution in [0.15, 0.2) is 64.5 Å². The van der Waals surface area contributed by atoms with Crippen molar-refractivity contribution in [2.45, 2.75) is 23.9 Å². The molecule has 1 heterocycles. The van der Waals surface area contributed by atoms with Gasteiger partial charge in [0.15, 0.2) is 5.96 Å². The SMILES string of the molecule is CNS(=O)(=O)c1ccc(C(C)NC2=NCC(c3ccccc3)N2)cc1. The fourth-order valence-corrected chi connectivity index (χ4v) is 3.47. The number of hydrogen-bond donors (Lipinski definition) is 3. The van der Waals surface area contributed by atoms with Crippen molar-refractivity contribution in [2.24, 2.45) is 4.99 Å². The van der Waals surface area contributed by atoms with Crippen molar-refractivity contribution in [1.29, 1.82) is 0 Å². The first kappa shape index (κ1) is 17.4. The molecule has 132 valence electrons. The molecule has 0 bridgehead atoms. The zero-order chi connectivity index (χ0) is 17.9. The molecule has 0 aliphatic carbocycles. The molecule has 1 aliphatic heterocycles. The monoisotopic (exact) mass is 358 g/mol. The quantitative estimate of drug-likeness (QED) is 0.763. The van der Waals surface area contributed by atoms with E-state index in [1.807, 2.05) is 37.3 Å². The Morgan fingerprint density at radius 1 is 1.12 bits per heavy atom. The minimum atomic E-state index is -3.41. The Balaban J connectivity index is 1.62. The Hall–Kier alpha value is -2.38. The minimum absolute atomic E-state index is 0.00659. The van der Waals surface area contributed by atoms with E-state index < -0.39 is 10.0 Å². The minimum Gasteiger partial charge on any atom is -0.350 e. The number of nitrogens with zero attached hydrogens (tertiary/aromatic N) is 1. The van der Waals surface area contributed by atoms with Gasteiger partial charge in [-0.2, -0.15) is 0 Å². The Labute approximate surface area is 148 Å². The van der Waals surface area contributed by atoms with Gasteiger partial charge >= 0.3 is 0 Å². The van der Waals surface area contributed by atoms with Crippen molar-refractivity contribution in [2.75, 3.05) is 13.6 Å². The number of aliphatic imine (C=N–C) groups is 1. The van der Waals surface area contributed by atoms with Crippen molar-refractivity contribution < 1.29 is 8.42 Å². The van der Waals surface area contributed by atoms with Crippen LogP contribution in [0.1, 0.15) is 30.1 Å². The van der Waals surface area contributed by atoms with E-state index in [9.17, 15) is 8.42 Å². The topological polar surface area (TPSA) is 82.6 Å². The van der Waals surface area contributed by atoms with E-state index in [1.54, 1.807) is 12.1 Å². The van der Waals surface area contributed by atoms with Crippen molar-refractivity contribution >= 4 is 16.0 Å². The van der Waals surface area contributed by atoms with Crippen LogP contribution in [0.25, 0.3) is 0 Å². The molecule has 6 nitrogen and oxygen atoms in total. The van der Waals surface area contributed by atoms with Gasteiger partial charge in [0.25, 0.3) is 0 Å². The van der Waals surface area contributed by atoms with Crippen molar-refractivity contribution in [1.82, 2.24) is 15.4 Å². The molecule has 0 fully saturated rings. The van der Waals surface area contributed by atoms with Gasteiger partial charge in [-0.1, -0.05) is 42.5 Å². The summed E-state index contributed by atoms with van der Waals surface area (Å²) in [5.41, 5.74) is 2.19. The first-order valence-corrected chi connectivity index (χ1v) is 9.64. The van der Waals surface area contributed by atoms with Gasteiger partial charge in [0, 0.05) is 0 Å². The number of guanidine groups is 1. The van der Waals surface area contributed by atoms with Gasteiger partial charge in [-0.25, -0.2) is 13.1 Å². The normalized spacial score (nSPS) is 18.3. The van der Waals surface area contributed by atoms with Crippen LogP contribution < -0.4 is 15.4 Å². The lowest BCUT2D eigenvalue weighted by molar-refractivity contribution is 0.588. The number of hydrogen-bond acceptors (Lipinski definition) is 5. The van der Waals surface area contributed by atoms with Crippen molar-refractivity contribution in [3.05, 3.63) is 65.7 Å². The Morgan fingerprint density at radius 2 is 1.80 bits per heavy atom. The van der Waals surface area contributed by atoms with Crippen LogP contribution >= 0.6 is 0 Å². The fraction of sp³-hybridized carbons (Fsp3) is 0.278. The second kappa shape index (κ2) is 7.25. The molecule has 3 N–H and O–H groups in total. The molecule has 1 aliphatic rings. The summed E-state index contributed by atoms with van der Waals surface area (Å²) in [4.78, 5) is 4.77. The highest BCUT2D eigenvalue weighted by Gasteiger charge is 2.20. The summed E-state index contributed by atoms with van der Waals surface area (Å²) >= 11 is 0. The van der Waals surface area contributed by atoms with Crippen molar-refractivity contribution in [3.63, 3.8) is 0 Å². The fourth-order valence-electron chi connectivity index (χ4n) is 2.74.